The minimum absolute atomic E-state index is 0.00790. The van der Waals surface area contributed by atoms with Gasteiger partial charge in [0.05, 0.1) is 11.7 Å². The highest BCUT2D eigenvalue weighted by atomic mass is 32.1. The first-order valence-electron chi connectivity index (χ1n) is 11.4. The zero-order valence-electron chi connectivity index (χ0n) is 18.2. The van der Waals surface area contributed by atoms with Gasteiger partial charge in [0.1, 0.15) is 6.04 Å². The number of thiocarbonyl (C=S) groups is 1. The number of hydrogen-bond acceptors (Lipinski definition) is 2. The van der Waals surface area contributed by atoms with Gasteiger partial charge >= 0.3 is 0 Å². The Morgan fingerprint density at radius 3 is 2.45 bits per heavy atom. The van der Waals surface area contributed by atoms with Gasteiger partial charge in [-0.2, -0.15) is 0 Å². The van der Waals surface area contributed by atoms with Crippen molar-refractivity contribution >= 4 is 23.0 Å². The molecular formula is C26H30N4S. The van der Waals surface area contributed by atoms with Crippen LogP contribution in [0.3, 0.4) is 0 Å². The second-order valence-corrected chi connectivity index (χ2v) is 9.41. The number of nitrogens with one attached hydrogen (secondary N) is 1. The van der Waals surface area contributed by atoms with Crippen molar-refractivity contribution in [1.29, 1.82) is 0 Å². The molecule has 1 aromatic carbocycles. The molecule has 5 rings (SSSR count). The number of rotatable bonds is 5. The summed E-state index contributed by atoms with van der Waals surface area (Å²) in [7, 11) is 0. The average Bonchev–Trinajstić information content (AvgIpc) is 3.53. The second-order valence-electron chi connectivity index (χ2n) is 9.02. The van der Waals surface area contributed by atoms with Crippen molar-refractivity contribution in [2.45, 2.75) is 63.6 Å². The van der Waals surface area contributed by atoms with Crippen molar-refractivity contribution in [3.8, 4) is 0 Å². The van der Waals surface area contributed by atoms with Crippen LogP contribution in [-0.4, -0.2) is 14.7 Å². The second kappa shape index (κ2) is 8.46. The molecule has 1 saturated carbocycles. The lowest BCUT2D eigenvalue weighted by Crippen LogP contribution is -2.30. The van der Waals surface area contributed by atoms with Crippen LogP contribution in [-0.2, 0) is 0 Å². The Kier molecular flexibility index (Phi) is 5.53. The topological polar surface area (TPSA) is 33.1 Å². The highest BCUT2D eigenvalue weighted by molar-refractivity contribution is 7.80. The third kappa shape index (κ3) is 3.76. The molecule has 3 aromatic rings. The highest BCUT2D eigenvalue weighted by Crippen LogP contribution is 2.43. The zero-order chi connectivity index (χ0) is 21.4. The number of aromatic nitrogens is 2. The van der Waals surface area contributed by atoms with Crippen LogP contribution in [0.5, 0.6) is 0 Å². The van der Waals surface area contributed by atoms with Gasteiger partial charge < -0.3 is 14.8 Å². The Balaban J connectivity index is 1.59. The zero-order valence-corrected chi connectivity index (χ0v) is 19.1. The molecular weight excluding hydrogens is 400 g/mol. The Hall–Kier alpha value is -2.66. The summed E-state index contributed by atoms with van der Waals surface area (Å²) in [5, 5.41) is 4.36. The number of anilines is 1. The largest absolute Gasteiger partial charge is 0.351 e. The van der Waals surface area contributed by atoms with Gasteiger partial charge in [-0.05, 0) is 72.9 Å². The molecule has 1 N–H and O–H groups in total. The van der Waals surface area contributed by atoms with E-state index in [0.717, 1.165) is 16.5 Å². The maximum atomic E-state index is 5.89. The minimum atomic E-state index is 0.00790. The van der Waals surface area contributed by atoms with Crippen LogP contribution in [0.1, 0.15) is 80.5 Å². The van der Waals surface area contributed by atoms with E-state index in [1.165, 1.54) is 36.9 Å². The summed E-state index contributed by atoms with van der Waals surface area (Å²) >= 11 is 5.89. The summed E-state index contributed by atoms with van der Waals surface area (Å²) < 4.78 is 2.50. The van der Waals surface area contributed by atoms with E-state index >= 15 is 0 Å². The van der Waals surface area contributed by atoms with E-state index in [-0.39, 0.29) is 12.1 Å². The van der Waals surface area contributed by atoms with Gasteiger partial charge in [0, 0.05) is 29.8 Å². The number of nitrogens with zero attached hydrogens (tertiary/aromatic N) is 3. The Bertz CT molecular complexity index is 1030. The van der Waals surface area contributed by atoms with Crippen LogP contribution in [0, 0.1) is 0 Å². The fourth-order valence-electron chi connectivity index (χ4n) is 5.13. The molecule has 0 amide bonds. The quantitative estimate of drug-likeness (QED) is 0.482. The first kappa shape index (κ1) is 20.3. The molecule has 5 heteroatoms. The average molecular weight is 431 g/mol. The van der Waals surface area contributed by atoms with E-state index in [2.05, 4.69) is 88.3 Å². The molecule has 160 valence electrons. The van der Waals surface area contributed by atoms with E-state index in [1.54, 1.807) is 0 Å². The lowest BCUT2D eigenvalue weighted by Gasteiger charge is -2.30. The summed E-state index contributed by atoms with van der Waals surface area (Å²) in [6, 6.07) is 20.1. The fourth-order valence-corrected chi connectivity index (χ4v) is 5.47. The van der Waals surface area contributed by atoms with Crippen LogP contribution in [0.15, 0.2) is 67.0 Å². The standard InChI is InChI=1S/C26H30N4S/c1-18(2)19-12-14-21(15-13-19)30-25(23-11-7-17-29(23)20-8-3-4-9-20)24(28-26(30)31)22-10-5-6-16-27-22/h5-7,10-18,20,24-25H,3-4,8-9H2,1-2H3,(H,28,31). The van der Waals surface area contributed by atoms with Gasteiger partial charge in [-0.15, -0.1) is 0 Å². The number of benzene rings is 1. The molecule has 2 fully saturated rings. The monoisotopic (exact) mass is 430 g/mol. The maximum Gasteiger partial charge on any atom is 0.174 e. The van der Waals surface area contributed by atoms with Crippen molar-refractivity contribution in [1.82, 2.24) is 14.9 Å². The van der Waals surface area contributed by atoms with Gasteiger partial charge in [-0.3, -0.25) is 4.98 Å². The molecule has 2 unspecified atom stereocenters. The van der Waals surface area contributed by atoms with Crippen LogP contribution in [0.25, 0.3) is 0 Å². The van der Waals surface area contributed by atoms with Gasteiger partial charge in [0.25, 0.3) is 0 Å². The van der Waals surface area contributed by atoms with Gasteiger partial charge in [-0.1, -0.05) is 44.9 Å². The predicted molar refractivity (Wildman–Crippen MR) is 130 cm³/mol. The number of hydrogen-bond donors (Lipinski definition) is 1. The van der Waals surface area contributed by atoms with Gasteiger partial charge in [0.15, 0.2) is 5.11 Å². The summed E-state index contributed by atoms with van der Waals surface area (Å²) in [5.74, 6) is 0.509. The van der Waals surface area contributed by atoms with Gasteiger partial charge in [0.2, 0.25) is 0 Å². The summed E-state index contributed by atoms with van der Waals surface area (Å²) in [5.41, 5.74) is 4.80. The fraction of sp³-hybridized carbons (Fsp3) is 0.385. The Labute approximate surface area is 190 Å². The highest BCUT2D eigenvalue weighted by Gasteiger charge is 2.42. The molecule has 31 heavy (non-hydrogen) atoms. The smallest absolute Gasteiger partial charge is 0.174 e. The Morgan fingerprint density at radius 2 is 1.77 bits per heavy atom. The van der Waals surface area contributed by atoms with Crippen molar-refractivity contribution < 1.29 is 0 Å². The molecule has 0 spiro atoms. The van der Waals surface area contributed by atoms with E-state index in [1.807, 2.05) is 12.3 Å². The number of pyridine rings is 1. The molecule has 2 atom stereocenters. The molecule has 4 nitrogen and oxygen atoms in total. The third-order valence-corrected chi connectivity index (χ3v) is 7.08. The van der Waals surface area contributed by atoms with E-state index in [4.69, 9.17) is 12.2 Å². The molecule has 0 bridgehead atoms. The van der Waals surface area contributed by atoms with Crippen molar-refractivity contribution in [3.63, 3.8) is 0 Å². The predicted octanol–water partition coefficient (Wildman–Crippen LogP) is 6.30. The summed E-state index contributed by atoms with van der Waals surface area (Å²) in [4.78, 5) is 6.98. The van der Waals surface area contributed by atoms with Crippen molar-refractivity contribution in [2.24, 2.45) is 0 Å². The molecule has 0 radical (unpaired) electrons. The Morgan fingerprint density at radius 1 is 1.00 bits per heavy atom. The van der Waals surface area contributed by atoms with E-state index < -0.39 is 0 Å². The van der Waals surface area contributed by atoms with Crippen LogP contribution >= 0.6 is 12.2 Å². The minimum Gasteiger partial charge on any atom is -0.351 e. The first-order valence-corrected chi connectivity index (χ1v) is 11.8. The van der Waals surface area contributed by atoms with Crippen LogP contribution in [0.4, 0.5) is 5.69 Å². The maximum absolute atomic E-state index is 5.89. The lowest BCUT2D eigenvalue weighted by atomic mass is 9.99. The van der Waals surface area contributed by atoms with Crippen molar-refractivity contribution in [2.75, 3.05) is 4.90 Å². The first-order chi connectivity index (χ1) is 15.1. The lowest BCUT2D eigenvalue weighted by molar-refractivity contribution is 0.461. The third-order valence-electron chi connectivity index (χ3n) is 6.77. The molecule has 3 heterocycles. The molecule has 1 saturated heterocycles. The summed E-state index contributed by atoms with van der Waals surface area (Å²) in [6.07, 6.45) is 9.25. The molecule has 2 aromatic heterocycles. The van der Waals surface area contributed by atoms with Crippen LogP contribution in [0.2, 0.25) is 0 Å². The van der Waals surface area contributed by atoms with Gasteiger partial charge in [-0.25, -0.2) is 0 Å². The molecule has 2 aliphatic rings. The van der Waals surface area contributed by atoms with E-state index in [0.29, 0.717) is 12.0 Å². The molecule has 1 aliphatic carbocycles. The van der Waals surface area contributed by atoms with Crippen LogP contribution < -0.4 is 10.2 Å². The normalized spacial score (nSPS) is 21.8. The molecule has 1 aliphatic heterocycles. The SMILES string of the molecule is CC(C)c1ccc(N2C(=S)NC(c3ccccn3)C2c2cccn2C2CCCC2)cc1. The van der Waals surface area contributed by atoms with Crippen molar-refractivity contribution in [3.05, 3.63) is 83.9 Å². The summed E-state index contributed by atoms with van der Waals surface area (Å²) in [6.45, 7) is 4.46. The van der Waals surface area contributed by atoms with E-state index in [9.17, 15) is 0 Å².